The molecule has 4 saturated heterocycles. The van der Waals surface area contributed by atoms with Crippen molar-refractivity contribution >= 4 is 11.9 Å². The van der Waals surface area contributed by atoms with Crippen molar-refractivity contribution in [1.29, 1.82) is 0 Å². The molecule has 0 aromatic rings. The summed E-state index contributed by atoms with van der Waals surface area (Å²) in [6.45, 7) is 13.7. The minimum Gasteiger partial charge on any atom is -0.479 e. The second-order valence-corrected chi connectivity index (χ2v) is 25.9. The van der Waals surface area contributed by atoms with Crippen LogP contribution in [0.15, 0.2) is 11.6 Å². The molecular weight excluding hydrogens is 1000 g/mol. The van der Waals surface area contributed by atoms with Gasteiger partial charge in [-0.25, -0.2) is 4.79 Å². The second-order valence-electron chi connectivity index (χ2n) is 25.9. The molecule has 434 valence electrons. The Morgan fingerprint density at radius 3 is 1.83 bits per heavy atom. The van der Waals surface area contributed by atoms with Gasteiger partial charge in [0.05, 0.1) is 31.3 Å². The van der Waals surface area contributed by atoms with Gasteiger partial charge in [-0.2, -0.15) is 0 Å². The maximum Gasteiger partial charge on any atom is 0.335 e. The van der Waals surface area contributed by atoms with Crippen LogP contribution in [0.1, 0.15) is 113 Å². The fraction of sp³-hybridized carbons (Fsp3) is 0.925. The van der Waals surface area contributed by atoms with E-state index in [1.807, 2.05) is 0 Å². The third kappa shape index (κ3) is 9.42. The van der Waals surface area contributed by atoms with Crippen molar-refractivity contribution in [2.24, 2.45) is 50.2 Å². The van der Waals surface area contributed by atoms with Crippen LogP contribution in [-0.2, 0) is 47.5 Å². The van der Waals surface area contributed by atoms with Crippen molar-refractivity contribution in [3.05, 3.63) is 11.6 Å². The minimum atomic E-state index is -2.04. The average Bonchev–Trinajstić information content (AvgIpc) is 3.46. The van der Waals surface area contributed by atoms with Gasteiger partial charge in [0.1, 0.15) is 85.5 Å². The summed E-state index contributed by atoms with van der Waals surface area (Å²) in [5.74, 6) is -2.19. The lowest BCUT2D eigenvalue weighted by Crippen LogP contribution is -2.68. The van der Waals surface area contributed by atoms with Crippen LogP contribution in [0, 0.1) is 50.2 Å². The Bertz CT molecular complexity index is 2140. The number of carboxylic acid groups (broad SMARTS) is 1. The summed E-state index contributed by atoms with van der Waals surface area (Å²) in [4.78, 5) is 27.8. The molecule has 5 aliphatic carbocycles. The maximum absolute atomic E-state index is 14.8. The van der Waals surface area contributed by atoms with Gasteiger partial charge < -0.3 is 104 Å². The van der Waals surface area contributed by atoms with Crippen molar-refractivity contribution in [2.45, 2.75) is 235 Å². The number of carbonyl (C=O) groups excluding carboxylic acids is 1. The Morgan fingerprint density at radius 2 is 1.20 bits per heavy atom. The number of aliphatic carboxylic acids is 1. The van der Waals surface area contributed by atoms with Gasteiger partial charge in [0.15, 0.2) is 25.0 Å². The molecule has 9 aliphatic rings. The molecule has 0 spiro atoms. The van der Waals surface area contributed by atoms with Gasteiger partial charge in [0, 0.05) is 0 Å². The monoisotopic (exact) mass is 1090 g/mol. The van der Waals surface area contributed by atoms with E-state index in [1.54, 1.807) is 0 Å². The first-order chi connectivity index (χ1) is 35.5. The lowest BCUT2D eigenvalue weighted by Gasteiger charge is -2.71. The summed E-state index contributed by atoms with van der Waals surface area (Å²) in [6.07, 6.45) is -24.8. The van der Waals surface area contributed by atoms with E-state index in [-0.39, 0.29) is 39.4 Å². The zero-order valence-corrected chi connectivity index (χ0v) is 44.4. The molecule has 0 amide bonds. The molecule has 0 radical (unpaired) electrons. The predicted molar refractivity (Wildman–Crippen MR) is 257 cm³/mol. The Labute approximate surface area is 442 Å². The summed E-state index contributed by atoms with van der Waals surface area (Å²) in [6, 6.07) is 0. The number of ether oxygens (including phenoxy) is 8. The molecule has 4 saturated carbocycles. The predicted octanol–water partition coefficient (Wildman–Crippen LogP) is -1.30. The van der Waals surface area contributed by atoms with Gasteiger partial charge in [0.25, 0.3) is 0 Å². The summed E-state index contributed by atoms with van der Waals surface area (Å²) in [5.41, 5.74) is -1.37. The molecule has 13 N–H and O–H groups in total. The van der Waals surface area contributed by atoms with Crippen LogP contribution in [0.2, 0.25) is 0 Å². The van der Waals surface area contributed by atoms with Crippen LogP contribution in [-0.4, -0.2) is 221 Å². The number of aliphatic hydroxyl groups is 12. The van der Waals surface area contributed by atoms with Crippen LogP contribution >= 0.6 is 0 Å². The summed E-state index contributed by atoms with van der Waals surface area (Å²) < 4.78 is 47.7. The number of fused-ring (bicyclic) bond motifs is 7. The SMILES string of the molecule is CC1(C)CC[C@]2(C(=O)O[C@@H]3O[C@H](CO)[C@@H](O)[C@H](O)[C@H]3O)CC[C@]3(C)C(=CC[C@@H]4[C@@]5(C)CC[C@H](O[C@@H]6O[C@H](C(=O)O)[C@@H](O[C@@H]7O[C@H](CO)[C@@H](O)[C@H](O)[C@H]7O)[C@H](O)[C@H]6O[C@H]6OC[C@H](O)[C@H](O)[C@H]6O)C(C)(C)[C@@H]5CC[C@]43C)[C@@H]2C1. The van der Waals surface area contributed by atoms with Crippen LogP contribution in [0.25, 0.3) is 0 Å². The molecule has 0 bridgehead atoms. The highest BCUT2D eigenvalue weighted by molar-refractivity contribution is 5.79. The lowest BCUT2D eigenvalue weighted by atomic mass is 9.33. The first-order valence-corrected chi connectivity index (χ1v) is 27.2. The van der Waals surface area contributed by atoms with Crippen molar-refractivity contribution in [2.75, 3.05) is 19.8 Å². The van der Waals surface area contributed by atoms with Gasteiger partial charge in [-0.05, 0) is 109 Å². The standard InChI is InChI=1S/C53H84O23/c1-48(2)14-16-53(47(68)76-45-37(64)34(61)32(59)26(20-55)71-45)17-15-51(6)22(23(53)18-48)8-9-28-50(5)12-11-29(49(3,4)27(50)10-13-52(28,51)7)72-46-40(74-43-35(62)30(57)24(56)21-69-43)38(65)39(41(75-46)42(66)67)73-44-36(63)33(60)31(58)25(19-54)70-44/h8,23-41,43-46,54-65H,9-21H2,1-7H3,(H,66,67)/t23-,24-,25+,26+,27-,28+,29-,30-,31+,32+,33-,34-,35+,36+,37+,38-,39-,40+,41-,43+,44-,45-,46+,50-,51+,52+,53-/m0/s1. The topological polar surface area (TPSA) is 371 Å². The highest BCUT2D eigenvalue weighted by Gasteiger charge is 2.70. The fourth-order valence-electron chi connectivity index (χ4n) is 16.2. The second kappa shape index (κ2) is 21.0. The highest BCUT2D eigenvalue weighted by Crippen LogP contribution is 2.76. The smallest absolute Gasteiger partial charge is 0.335 e. The first-order valence-electron chi connectivity index (χ1n) is 27.2. The van der Waals surface area contributed by atoms with Gasteiger partial charge in [-0.15, -0.1) is 0 Å². The quantitative estimate of drug-likeness (QED) is 0.0649. The summed E-state index contributed by atoms with van der Waals surface area (Å²) in [7, 11) is 0. The normalized spacial score (nSPS) is 52.9. The number of carbonyl (C=O) groups is 2. The van der Waals surface area contributed by atoms with Crippen LogP contribution < -0.4 is 0 Å². The number of carboxylic acids is 1. The Hall–Kier alpha value is -2.08. The van der Waals surface area contributed by atoms with Crippen molar-refractivity contribution in [1.82, 2.24) is 0 Å². The maximum atomic E-state index is 14.8. The molecule has 23 heteroatoms. The molecule has 23 nitrogen and oxygen atoms in total. The highest BCUT2D eigenvalue weighted by atomic mass is 16.8. The average molecular weight is 1090 g/mol. The van der Waals surface area contributed by atoms with E-state index >= 15 is 0 Å². The molecule has 0 unspecified atom stereocenters. The number of allylic oxidation sites excluding steroid dienone is 2. The van der Waals surface area contributed by atoms with Gasteiger partial charge >= 0.3 is 11.9 Å². The van der Waals surface area contributed by atoms with Gasteiger partial charge in [-0.3, -0.25) is 4.79 Å². The molecular formula is C53H84O23. The molecule has 4 aliphatic heterocycles. The number of rotatable bonds is 11. The van der Waals surface area contributed by atoms with E-state index in [2.05, 4.69) is 54.5 Å². The third-order valence-electron chi connectivity index (χ3n) is 21.0. The fourth-order valence-corrected chi connectivity index (χ4v) is 16.2. The van der Waals surface area contributed by atoms with E-state index in [4.69, 9.17) is 37.9 Å². The summed E-state index contributed by atoms with van der Waals surface area (Å²) >= 11 is 0. The lowest BCUT2D eigenvalue weighted by molar-refractivity contribution is -0.386. The number of hydrogen-bond donors (Lipinski definition) is 13. The largest absolute Gasteiger partial charge is 0.479 e. The van der Waals surface area contributed by atoms with E-state index in [0.717, 1.165) is 25.7 Å². The number of aliphatic hydroxyl groups excluding tert-OH is 12. The summed E-state index contributed by atoms with van der Waals surface area (Å²) in [5, 5.41) is 138. The zero-order chi connectivity index (χ0) is 55.6. The van der Waals surface area contributed by atoms with Gasteiger partial charge in [0.2, 0.25) is 6.29 Å². The molecule has 76 heavy (non-hydrogen) atoms. The number of hydrogen-bond acceptors (Lipinski definition) is 22. The van der Waals surface area contributed by atoms with Crippen molar-refractivity contribution < 1.29 is 114 Å². The van der Waals surface area contributed by atoms with Crippen LogP contribution in [0.3, 0.4) is 0 Å². The van der Waals surface area contributed by atoms with Crippen LogP contribution in [0.5, 0.6) is 0 Å². The Morgan fingerprint density at radius 1 is 0.605 bits per heavy atom. The first kappa shape index (κ1) is 58.6. The molecule has 0 aromatic carbocycles. The molecule has 9 rings (SSSR count). The van der Waals surface area contributed by atoms with Crippen molar-refractivity contribution in [3.8, 4) is 0 Å². The molecule has 8 fully saturated rings. The van der Waals surface area contributed by atoms with E-state index in [9.17, 15) is 76.0 Å². The Kier molecular flexibility index (Phi) is 16.2. The van der Waals surface area contributed by atoms with E-state index < -0.39 is 165 Å². The van der Waals surface area contributed by atoms with E-state index in [1.165, 1.54) is 5.57 Å². The Balaban J connectivity index is 0.978. The van der Waals surface area contributed by atoms with E-state index in [0.29, 0.717) is 38.5 Å². The molecule has 4 heterocycles. The minimum absolute atomic E-state index is 0.0192. The van der Waals surface area contributed by atoms with Crippen LogP contribution in [0.4, 0.5) is 0 Å². The molecule has 0 aromatic heterocycles. The third-order valence-corrected chi connectivity index (χ3v) is 21.0. The zero-order valence-electron chi connectivity index (χ0n) is 44.4. The molecule has 27 atom stereocenters. The van der Waals surface area contributed by atoms with Gasteiger partial charge in [-0.1, -0.05) is 60.1 Å². The number of esters is 1. The van der Waals surface area contributed by atoms with Crippen molar-refractivity contribution in [3.63, 3.8) is 0 Å².